The SMILES string of the molecule is COC(=O)c1ccc(-c2cc(-c3c(-c4ccsc4C#N)c4cc(F)ccc4n3Sc3ccc(C)cc3)ccn2)cc1. The average Bonchev–Trinajstić information content (AvgIpc) is 3.59. The predicted molar refractivity (Wildman–Crippen MR) is 162 cm³/mol. The third-order valence-corrected chi connectivity index (χ3v) is 8.64. The number of pyridine rings is 1. The number of aryl methyl sites for hydroxylation is 1. The van der Waals surface area contributed by atoms with Gasteiger partial charge in [0.25, 0.3) is 0 Å². The minimum atomic E-state index is -0.406. The summed E-state index contributed by atoms with van der Waals surface area (Å²) in [6, 6.07) is 28.2. The number of methoxy groups -OCH3 is 1. The number of carbonyl (C=O) groups is 1. The zero-order chi connectivity index (χ0) is 28.5. The number of nitrogens with zero attached hydrogens (tertiary/aromatic N) is 3. The van der Waals surface area contributed by atoms with Crippen LogP contribution in [0.15, 0.2) is 101 Å². The van der Waals surface area contributed by atoms with Crippen LogP contribution in [-0.4, -0.2) is 22.0 Å². The molecule has 0 bridgehead atoms. The van der Waals surface area contributed by atoms with E-state index in [0.29, 0.717) is 16.1 Å². The Balaban J connectivity index is 1.60. The molecule has 0 aliphatic heterocycles. The van der Waals surface area contributed by atoms with Gasteiger partial charge in [0, 0.05) is 38.7 Å². The Hall–Kier alpha value is -4.71. The number of nitriles is 1. The molecule has 0 spiro atoms. The highest BCUT2D eigenvalue weighted by Gasteiger charge is 2.24. The molecule has 6 aromatic rings. The number of aromatic nitrogens is 2. The standard InChI is InChI=1S/C33H22FN3O2S2/c1-20-3-10-25(11-4-20)41-37-29-12-9-24(34)18-27(29)31(26-14-16-40-30(26)19-35)32(37)23-13-15-36-28(17-23)21-5-7-22(8-6-21)33(38)39-2/h3-18H,1-2H3. The summed E-state index contributed by atoms with van der Waals surface area (Å²) in [4.78, 5) is 18.1. The van der Waals surface area contributed by atoms with Gasteiger partial charge < -0.3 is 4.74 Å². The number of thiophene rings is 1. The molecule has 8 heteroatoms. The van der Waals surface area contributed by atoms with E-state index in [-0.39, 0.29) is 5.82 Å². The number of hydrogen-bond donors (Lipinski definition) is 0. The molecule has 0 aliphatic rings. The van der Waals surface area contributed by atoms with Gasteiger partial charge >= 0.3 is 5.97 Å². The van der Waals surface area contributed by atoms with Gasteiger partial charge in [-0.15, -0.1) is 11.3 Å². The van der Waals surface area contributed by atoms with Crippen molar-refractivity contribution in [3.63, 3.8) is 0 Å². The number of rotatable bonds is 6. The second-order valence-corrected chi connectivity index (χ2v) is 11.3. The number of carbonyl (C=O) groups excluding carboxylic acids is 1. The number of hydrogen-bond acceptors (Lipinski definition) is 6. The van der Waals surface area contributed by atoms with Crippen LogP contribution in [0.2, 0.25) is 0 Å². The van der Waals surface area contributed by atoms with Crippen molar-refractivity contribution in [3.05, 3.63) is 118 Å². The van der Waals surface area contributed by atoms with Crippen LogP contribution in [-0.2, 0) is 4.74 Å². The molecule has 3 aromatic heterocycles. The van der Waals surface area contributed by atoms with E-state index in [1.54, 1.807) is 24.4 Å². The molecule has 6 rings (SSSR count). The molecule has 0 saturated heterocycles. The van der Waals surface area contributed by atoms with Crippen molar-refractivity contribution in [2.75, 3.05) is 7.11 Å². The van der Waals surface area contributed by atoms with E-state index in [0.717, 1.165) is 49.3 Å². The lowest BCUT2D eigenvalue weighted by Gasteiger charge is -2.13. The van der Waals surface area contributed by atoms with Gasteiger partial charge in [0.2, 0.25) is 0 Å². The van der Waals surface area contributed by atoms with Crippen molar-refractivity contribution < 1.29 is 13.9 Å². The smallest absolute Gasteiger partial charge is 0.337 e. The first-order valence-electron chi connectivity index (χ1n) is 12.7. The molecule has 5 nitrogen and oxygen atoms in total. The monoisotopic (exact) mass is 575 g/mol. The van der Waals surface area contributed by atoms with E-state index >= 15 is 0 Å². The van der Waals surface area contributed by atoms with E-state index in [1.165, 1.54) is 42.5 Å². The van der Waals surface area contributed by atoms with Gasteiger partial charge in [-0.1, -0.05) is 29.8 Å². The summed E-state index contributed by atoms with van der Waals surface area (Å²) < 4.78 is 21.7. The molecular formula is C33H22FN3O2S2. The van der Waals surface area contributed by atoms with Gasteiger partial charge in [0.15, 0.2) is 0 Å². The summed E-state index contributed by atoms with van der Waals surface area (Å²) in [5.41, 5.74) is 7.21. The highest BCUT2D eigenvalue weighted by molar-refractivity contribution is 7.98. The van der Waals surface area contributed by atoms with Crippen LogP contribution in [0, 0.1) is 24.1 Å². The summed E-state index contributed by atoms with van der Waals surface area (Å²) in [7, 11) is 1.35. The lowest BCUT2D eigenvalue weighted by Crippen LogP contribution is -2.00. The maximum Gasteiger partial charge on any atom is 0.337 e. The molecule has 0 unspecified atom stereocenters. The van der Waals surface area contributed by atoms with Crippen molar-refractivity contribution in [2.45, 2.75) is 11.8 Å². The number of benzene rings is 3. The van der Waals surface area contributed by atoms with E-state index in [4.69, 9.17) is 4.74 Å². The fourth-order valence-electron chi connectivity index (χ4n) is 4.79. The molecule has 3 heterocycles. The van der Waals surface area contributed by atoms with Crippen molar-refractivity contribution >= 4 is 40.2 Å². The van der Waals surface area contributed by atoms with Gasteiger partial charge in [-0.3, -0.25) is 8.96 Å². The van der Waals surface area contributed by atoms with E-state index < -0.39 is 5.97 Å². The van der Waals surface area contributed by atoms with Crippen molar-refractivity contribution in [1.82, 2.24) is 8.96 Å². The lowest BCUT2D eigenvalue weighted by molar-refractivity contribution is 0.0600. The number of esters is 1. The first-order valence-corrected chi connectivity index (χ1v) is 14.3. The minimum Gasteiger partial charge on any atom is -0.465 e. The third kappa shape index (κ3) is 5.02. The molecule has 3 aromatic carbocycles. The second kappa shape index (κ2) is 11.0. The Morgan fingerprint density at radius 3 is 2.51 bits per heavy atom. The average molecular weight is 576 g/mol. The molecule has 0 saturated carbocycles. The second-order valence-electron chi connectivity index (χ2n) is 9.36. The summed E-state index contributed by atoms with van der Waals surface area (Å²) in [6.07, 6.45) is 1.74. The molecule has 0 fully saturated rings. The van der Waals surface area contributed by atoms with Crippen LogP contribution >= 0.6 is 23.3 Å². The van der Waals surface area contributed by atoms with Crippen LogP contribution in [0.3, 0.4) is 0 Å². The summed E-state index contributed by atoms with van der Waals surface area (Å²) >= 11 is 2.90. The summed E-state index contributed by atoms with van der Waals surface area (Å²) in [6.45, 7) is 2.04. The maximum atomic E-state index is 14.7. The molecule has 0 radical (unpaired) electrons. The van der Waals surface area contributed by atoms with Crippen LogP contribution in [0.4, 0.5) is 4.39 Å². The highest BCUT2D eigenvalue weighted by atomic mass is 32.2. The van der Waals surface area contributed by atoms with Crippen LogP contribution < -0.4 is 0 Å². The maximum absolute atomic E-state index is 14.7. The Morgan fingerprint density at radius 1 is 1.00 bits per heavy atom. The first-order chi connectivity index (χ1) is 20.0. The minimum absolute atomic E-state index is 0.349. The topological polar surface area (TPSA) is 67.9 Å². The zero-order valence-electron chi connectivity index (χ0n) is 22.1. The Labute approximate surface area is 244 Å². The molecular weight excluding hydrogens is 554 g/mol. The lowest BCUT2D eigenvalue weighted by atomic mass is 9.98. The number of halogens is 1. The summed E-state index contributed by atoms with van der Waals surface area (Å²) in [5.74, 6) is -0.755. The van der Waals surface area contributed by atoms with Crippen molar-refractivity contribution in [2.24, 2.45) is 0 Å². The van der Waals surface area contributed by atoms with E-state index in [1.807, 2.05) is 42.6 Å². The van der Waals surface area contributed by atoms with Gasteiger partial charge in [-0.25, -0.2) is 9.18 Å². The van der Waals surface area contributed by atoms with Crippen molar-refractivity contribution in [3.8, 4) is 39.7 Å². The molecule has 0 atom stereocenters. The molecule has 200 valence electrons. The third-order valence-electron chi connectivity index (χ3n) is 6.78. The van der Waals surface area contributed by atoms with Crippen molar-refractivity contribution in [1.29, 1.82) is 5.26 Å². The molecule has 41 heavy (non-hydrogen) atoms. The van der Waals surface area contributed by atoms with Crippen LogP contribution in [0.1, 0.15) is 20.8 Å². The first kappa shape index (κ1) is 26.5. The van der Waals surface area contributed by atoms with Crippen LogP contribution in [0.5, 0.6) is 0 Å². The normalized spacial score (nSPS) is 11.0. The van der Waals surface area contributed by atoms with Gasteiger partial charge in [0.1, 0.15) is 16.8 Å². The Morgan fingerprint density at radius 2 is 1.78 bits per heavy atom. The van der Waals surface area contributed by atoms with E-state index in [9.17, 15) is 14.4 Å². The predicted octanol–water partition coefficient (Wildman–Crippen LogP) is 8.76. The molecule has 0 amide bonds. The number of ether oxygens (including phenoxy) is 1. The van der Waals surface area contributed by atoms with Gasteiger partial charge in [-0.2, -0.15) is 5.26 Å². The highest BCUT2D eigenvalue weighted by Crippen LogP contribution is 2.46. The van der Waals surface area contributed by atoms with Gasteiger partial charge in [0.05, 0.1) is 29.6 Å². The molecule has 0 N–H and O–H groups in total. The summed E-state index contributed by atoms with van der Waals surface area (Å²) in [5, 5.41) is 12.5. The largest absolute Gasteiger partial charge is 0.465 e. The van der Waals surface area contributed by atoms with Crippen LogP contribution in [0.25, 0.3) is 44.5 Å². The zero-order valence-corrected chi connectivity index (χ0v) is 23.7. The molecule has 0 aliphatic carbocycles. The fourth-order valence-corrected chi connectivity index (χ4v) is 6.50. The quantitative estimate of drug-likeness (QED) is 0.186. The fraction of sp³-hybridized carbons (Fsp3) is 0.0606. The van der Waals surface area contributed by atoms with Gasteiger partial charge in [-0.05, 0) is 84.9 Å². The van der Waals surface area contributed by atoms with E-state index in [2.05, 4.69) is 39.3 Å². The Kier molecular flexibility index (Phi) is 7.14. The Bertz CT molecular complexity index is 1950. The number of fused-ring (bicyclic) bond motifs is 1.